The quantitative estimate of drug-likeness (QED) is 0.804. The van der Waals surface area contributed by atoms with Crippen molar-refractivity contribution < 1.29 is 4.74 Å². The lowest BCUT2D eigenvalue weighted by Gasteiger charge is -2.08. The number of rotatable bonds is 3. The van der Waals surface area contributed by atoms with Gasteiger partial charge in [-0.2, -0.15) is 0 Å². The first-order valence-electron chi connectivity index (χ1n) is 4.77. The Morgan fingerprint density at radius 3 is 2.87 bits per heavy atom. The van der Waals surface area contributed by atoms with Gasteiger partial charge in [0.05, 0.1) is 0 Å². The largest absolute Gasteiger partial charge is 0.488 e. The zero-order valence-electron chi connectivity index (χ0n) is 8.57. The van der Waals surface area contributed by atoms with Gasteiger partial charge in [-0.05, 0) is 42.1 Å². The molecule has 2 N–H and O–H groups in total. The molecular formula is C12H13NOS. The molecular weight excluding hydrogens is 206 g/mol. The molecule has 0 fully saturated rings. The highest BCUT2D eigenvalue weighted by Crippen LogP contribution is 2.22. The van der Waals surface area contributed by atoms with Crippen molar-refractivity contribution in [2.45, 2.75) is 13.5 Å². The van der Waals surface area contributed by atoms with Crippen LogP contribution in [0.15, 0.2) is 35.7 Å². The van der Waals surface area contributed by atoms with E-state index in [4.69, 9.17) is 10.5 Å². The highest BCUT2D eigenvalue weighted by molar-refractivity contribution is 7.09. The van der Waals surface area contributed by atoms with Gasteiger partial charge >= 0.3 is 0 Å². The van der Waals surface area contributed by atoms with E-state index < -0.39 is 0 Å². The van der Waals surface area contributed by atoms with Crippen LogP contribution in [0.3, 0.4) is 0 Å². The summed E-state index contributed by atoms with van der Waals surface area (Å²) in [5.74, 6) is 0.901. The summed E-state index contributed by atoms with van der Waals surface area (Å²) >= 11 is 1.70. The number of nitrogens with two attached hydrogens (primary N) is 1. The molecule has 0 spiro atoms. The van der Waals surface area contributed by atoms with Crippen LogP contribution in [0.5, 0.6) is 5.75 Å². The molecule has 0 aliphatic heterocycles. The molecule has 78 valence electrons. The summed E-state index contributed by atoms with van der Waals surface area (Å²) in [6, 6.07) is 9.79. The van der Waals surface area contributed by atoms with Gasteiger partial charge in [-0.25, -0.2) is 0 Å². The highest BCUT2D eigenvalue weighted by atomic mass is 32.1. The Morgan fingerprint density at radius 1 is 1.33 bits per heavy atom. The van der Waals surface area contributed by atoms with Crippen LogP contribution in [-0.2, 0) is 6.61 Å². The Kier molecular flexibility index (Phi) is 2.92. The molecule has 0 saturated carbocycles. The first-order valence-corrected chi connectivity index (χ1v) is 5.65. The summed E-state index contributed by atoms with van der Waals surface area (Å²) in [5.41, 5.74) is 7.51. The van der Waals surface area contributed by atoms with Crippen LogP contribution in [0.1, 0.15) is 10.4 Å². The second-order valence-electron chi connectivity index (χ2n) is 3.39. The molecule has 0 radical (unpaired) electrons. The summed E-state index contributed by atoms with van der Waals surface area (Å²) in [4.78, 5) is 1.23. The minimum Gasteiger partial charge on any atom is -0.488 e. The number of benzene rings is 1. The highest BCUT2D eigenvalue weighted by Gasteiger charge is 2.00. The van der Waals surface area contributed by atoms with Gasteiger partial charge in [0.15, 0.2) is 0 Å². The molecule has 2 rings (SSSR count). The Labute approximate surface area is 93.3 Å². The van der Waals surface area contributed by atoms with Gasteiger partial charge in [0.2, 0.25) is 0 Å². The van der Waals surface area contributed by atoms with E-state index in [2.05, 4.69) is 11.4 Å². The molecule has 1 aromatic heterocycles. The average molecular weight is 219 g/mol. The van der Waals surface area contributed by atoms with E-state index in [0.29, 0.717) is 6.61 Å². The number of nitrogen functional groups attached to an aromatic ring is 1. The molecule has 0 unspecified atom stereocenters. The predicted octanol–water partition coefficient (Wildman–Crippen LogP) is 3.22. The van der Waals surface area contributed by atoms with E-state index in [1.807, 2.05) is 31.2 Å². The molecule has 2 aromatic rings. The zero-order chi connectivity index (χ0) is 10.7. The van der Waals surface area contributed by atoms with Crippen molar-refractivity contribution in [2.75, 3.05) is 5.73 Å². The SMILES string of the molecule is Cc1cc(N)ccc1OCc1cccs1. The number of anilines is 1. The van der Waals surface area contributed by atoms with Gasteiger partial charge in [0.1, 0.15) is 12.4 Å². The number of aryl methyl sites for hydroxylation is 1. The first-order chi connectivity index (χ1) is 7.25. The van der Waals surface area contributed by atoms with Gasteiger partial charge in [-0.15, -0.1) is 11.3 Å². The van der Waals surface area contributed by atoms with Crippen LogP contribution in [0.4, 0.5) is 5.69 Å². The van der Waals surface area contributed by atoms with Crippen molar-refractivity contribution in [2.24, 2.45) is 0 Å². The van der Waals surface area contributed by atoms with Crippen LogP contribution >= 0.6 is 11.3 Å². The molecule has 1 heterocycles. The molecule has 0 saturated heterocycles. The molecule has 0 aliphatic carbocycles. The maximum atomic E-state index is 5.69. The van der Waals surface area contributed by atoms with Crippen LogP contribution in [-0.4, -0.2) is 0 Å². The van der Waals surface area contributed by atoms with Gasteiger partial charge in [0.25, 0.3) is 0 Å². The number of hydrogen-bond acceptors (Lipinski definition) is 3. The molecule has 3 heteroatoms. The summed E-state index contributed by atoms with van der Waals surface area (Å²) in [5, 5.41) is 2.05. The lowest BCUT2D eigenvalue weighted by atomic mass is 10.2. The fourth-order valence-corrected chi connectivity index (χ4v) is 1.99. The topological polar surface area (TPSA) is 35.2 Å². The summed E-state index contributed by atoms with van der Waals surface area (Å²) < 4.78 is 5.69. The second-order valence-corrected chi connectivity index (χ2v) is 4.43. The minimum absolute atomic E-state index is 0.627. The second kappa shape index (κ2) is 4.36. The van der Waals surface area contributed by atoms with Crippen LogP contribution in [0, 0.1) is 6.92 Å². The maximum absolute atomic E-state index is 5.69. The minimum atomic E-state index is 0.627. The maximum Gasteiger partial charge on any atom is 0.122 e. The lowest BCUT2D eigenvalue weighted by molar-refractivity contribution is 0.308. The Hall–Kier alpha value is -1.48. The van der Waals surface area contributed by atoms with Crippen molar-refractivity contribution >= 4 is 17.0 Å². The van der Waals surface area contributed by atoms with Crippen molar-refractivity contribution in [3.05, 3.63) is 46.2 Å². The fraction of sp³-hybridized carbons (Fsp3) is 0.167. The summed E-state index contributed by atoms with van der Waals surface area (Å²) in [7, 11) is 0. The van der Waals surface area contributed by atoms with E-state index in [1.54, 1.807) is 11.3 Å². The third-order valence-electron chi connectivity index (χ3n) is 2.15. The monoisotopic (exact) mass is 219 g/mol. The van der Waals surface area contributed by atoms with Crippen LogP contribution in [0.2, 0.25) is 0 Å². The van der Waals surface area contributed by atoms with Gasteiger partial charge < -0.3 is 10.5 Å². The zero-order valence-corrected chi connectivity index (χ0v) is 9.38. The lowest BCUT2D eigenvalue weighted by Crippen LogP contribution is -1.95. The Bertz CT molecular complexity index is 437. The van der Waals surface area contributed by atoms with E-state index in [9.17, 15) is 0 Å². The van der Waals surface area contributed by atoms with Gasteiger partial charge in [-0.3, -0.25) is 0 Å². The molecule has 0 bridgehead atoms. The predicted molar refractivity (Wildman–Crippen MR) is 64.2 cm³/mol. The first kappa shape index (κ1) is 10.1. The smallest absolute Gasteiger partial charge is 0.122 e. The van der Waals surface area contributed by atoms with Crippen LogP contribution in [0.25, 0.3) is 0 Å². The number of ether oxygens (including phenoxy) is 1. The Morgan fingerprint density at radius 2 is 2.20 bits per heavy atom. The van der Waals surface area contributed by atoms with E-state index in [0.717, 1.165) is 17.0 Å². The molecule has 15 heavy (non-hydrogen) atoms. The standard InChI is InChI=1S/C12H13NOS/c1-9-7-10(13)4-5-12(9)14-8-11-3-2-6-15-11/h2-7H,8,13H2,1H3. The van der Waals surface area contributed by atoms with Crippen LogP contribution < -0.4 is 10.5 Å². The summed E-state index contributed by atoms with van der Waals surface area (Å²) in [6.07, 6.45) is 0. The van der Waals surface area contributed by atoms with Crippen molar-refractivity contribution in [1.82, 2.24) is 0 Å². The Balaban J connectivity index is 2.05. The molecule has 0 amide bonds. The number of thiophene rings is 1. The third-order valence-corrected chi connectivity index (χ3v) is 3.00. The molecule has 2 nitrogen and oxygen atoms in total. The van der Waals surface area contributed by atoms with E-state index in [-0.39, 0.29) is 0 Å². The molecule has 0 aliphatic rings. The number of hydrogen-bond donors (Lipinski definition) is 1. The fourth-order valence-electron chi connectivity index (χ4n) is 1.38. The van der Waals surface area contributed by atoms with Crippen molar-refractivity contribution in [3.8, 4) is 5.75 Å². The molecule has 0 atom stereocenters. The van der Waals surface area contributed by atoms with E-state index >= 15 is 0 Å². The van der Waals surface area contributed by atoms with Gasteiger partial charge in [0, 0.05) is 10.6 Å². The van der Waals surface area contributed by atoms with Crippen molar-refractivity contribution in [1.29, 1.82) is 0 Å². The molecule has 1 aromatic carbocycles. The third kappa shape index (κ3) is 2.50. The van der Waals surface area contributed by atoms with Crippen molar-refractivity contribution in [3.63, 3.8) is 0 Å². The summed E-state index contributed by atoms with van der Waals surface area (Å²) in [6.45, 7) is 2.63. The normalized spacial score (nSPS) is 10.2. The van der Waals surface area contributed by atoms with E-state index in [1.165, 1.54) is 4.88 Å². The van der Waals surface area contributed by atoms with Gasteiger partial charge in [-0.1, -0.05) is 6.07 Å². The average Bonchev–Trinajstić information content (AvgIpc) is 2.69.